The van der Waals surface area contributed by atoms with Crippen LogP contribution in [0.4, 0.5) is 5.82 Å². The minimum Gasteiger partial charge on any atom is -0.383 e. The molecule has 1 saturated heterocycles. The van der Waals surface area contributed by atoms with E-state index in [1.807, 2.05) is 24.4 Å². The number of hydrogen-bond acceptors (Lipinski definition) is 6. The van der Waals surface area contributed by atoms with Gasteiger partial charge >= 0.3 is 0 Å². The molecule has 7 heteroatoms. The average molecular weight is 461 g/mol. The molecule has 1 aliphatic heterocycles. The first kappa shape index (κ1) is 19.1. The lowest BCUT2D eigenvalue weighted by molar-refractivity contribution is 0.406. The van der Waals surface area contributed by atoms with Crippen molar-refractivity contribution in [2.75, 3.05) is 12.3 Å². The van der Waals surface area contributed by atoms with Crippen LogP contribution in [-0.4, -0.2) is 26.5 Å². The van der Waals surface area contributed by atoms with Crippen LogP contribution in [0.1, 0.15) is 31.0 Å². The highest BCUT2D eigenvalue weighted by Gasteiger charge is 2.22. The second-order valence-electron chi connectivity index (χ2n) is 7.46. The van der Waals surface area contributed by atoms with Crippen molar-refractivity contribution in [3.05, 3.63) is 65.2 Å². The van der Waals surface area contributed by atoms with Crippen molar-refractivity contribution in [1.29, 1.82) is 0 Å². The van der Waals surface area contributed by atoms with Gasteiger partial charge in [0.1, 0.15) is 12.1 Å². The Balaban J connectivity index is 1.74. The molecule has 6 nitrogen and oxygen atoms in total. The Kier molecular flexibility index (Phi) is 5.14. The van der Waals surface area contributed by atoms with E-state index in [-0.39, 0.29) is 6.04 Å². The molecular weight excluding hydrogens is 440 g/mol. The average Bonchev–Trinajstić information content (AvgIpc) is 2.79. The van der Waals surface area contributed by atoms with Gasteiger partial charge in [-0.25, -0.2) is 15.0 Å². The standard InChI is InChI=1S/C23H21BrN6/c24-15-6-3-5-14(11-15)17-12-19(30-23-20(17)22(25)28-13-29-23)16-7-4-10-27-21(16)18-8-1-2-9-26-18/h3-7,10-13,18,26H,1-2,8-9H2,(H2,25,28,29,30). The van der Waals surface area contributed by atoms with Crippen LogP contribution in [0.15, 0.2) is 59.5 Å². The zero-order valence-corrected chi connectivity index (χ0v) is 17.9. The lowest BCUT2D eigenvalue weighted by Crippen LogP contribution is -2.28. The third-order valence-corrected chi connectivity index (χ3v) is 6.02. The SMILES string of the molecule is Nc1ncnc2nc(-c3cccnc3C3CCCCN3)cc(-c3cccc(Br)c3)c12. The summed E-state index contributed by atoms with van der Waals surface area (Å²) in [6.07, 6.45) is 6.80. The number of aromatic nitrogens is 4. The molecule has 0 amide bonds. The second kappa shape index (κ2) is 8.08. The van der Waals surface area contributed by atoms with Gasteiger partial charge in [-0.3, -0.25) is 4.98 Å². The maximum atomic E-state index is 6.24. The summed E-state index contributed by atoms with van der Waals surface area (Å²) in [5.74, 6) is 0.425. The van der Waals surface area contributed by atoms with E-state index in [0.29, 0.717) is 11.5 Å². The number of halogens is 1. The monoisotopic (exact) mass is 460 g/mol. The summed E-state index contributed by atoms with van der Waals surface area (Å²) >= 11 is 3.57. The number of anilines is 1. The van der Waals surface area contributed by atoms with Gasteiger partial charge in [-0.05, 0) is 60.8 Å². The fraction of sp³-hybridized carbons (Fsp3) is 0.217. The van der Waals surface area contributed by atoms with E-state index in [0.717, 1.165) is 50.9 Å². The number of pyridine rings is 2. The van der Waals surface area contributed by atoms with Crippen molar-refractivity contribution < 1.29 is 0 Å². The predicted molar refractivity (Wildman–Crippen MR) is 123 cm³/mol. The van der Waals surface area contributed by atoms with Gasteiger partial charge in [-0.15, -0.1) is 0 Å². The van der Waals surface area contributed by atoms with Gasteiger partial charge in [0, 0.05) is 16.2 Å². The van der Waals surface area contributed by atoms with Crippen LogP contribution in [0.25, 0.3) is 33.4 Å². The molecule has 1 fully saturated rings. The highest BCUT2D eigenvalue weighted by Crippen LogP contribution is 2.36. The van der Waals surface area contributed by atoms with E-state index in [9.17, 15) is 0 Å². The number of nitrogens with one attached hydrogen (secondary N) is 1. The van der Waals surface area contributed by atoms with E-state index in [1.54, 1.807) is 0 Å². The lowest BCUT2D eigenvalue weighted by Gasteiger charge is -2.25. The molecule has 1 aliphatic rings. The van der Waals surface area contributed by atoms with E-state index in [2.05, 4.69) is 55.5 Å². The Bertz CT molecular complexity index is 1220. The molecule has 1 aromatic carbocycles. The number of nitrogens with two attached hydrogens (primary N) is 1. The molecule has 150 valence electrons. The van der Waals surface area contributed by atoms with Crippen molar-refractivity contribution in [3.63, 3.8) is 0 Å². The van der Waals surface area contributed by atoms with Crippen LogP contribution in [0, 0.1) is 0 Å². The maximum absolute atomic E-state index is 6.24. The zero-order valence-electron chi connectivity index (χ0n) is 16.3. The minimum absolute atomic E-state index is 0.234. The van der Waals surface area contributed by atoms with Crippen molar-refractivity contribution in [3.8, 4) is 22.4 Å². The summed E-state index contributed by atoms with van der Waals surface area (Å²) < 4.78 is 0.996. The van der Waals surface area contributed by atoms with E-state index >= 15 is 0 Å². The number of fused-ring (bicyclic) bond motifs is 1. The molecule has 0 aliphatic carbocycles. The number of rotatable bonds is 3. The first-order chi connectivity index (χ1) is 14.7. The summed E-state index contributed by atoms with van der Waals surface area (Å²) in [6, 6.07) is 14.5. The van der Waals surface area contributed by atoms with Gasteiger partial charge in [0.15, 0.2) is 5.65 Å². The van der Waals surface area contributed by atoms with E-state index < -0.39 is 0 Å². The Morgan fingerprint density at radius 2 is 1.93 bits per heavy atom. The molecule has 0 saturated carbocycles. The van der Waals surface area contributed by atoms with Crippen molar-refractivity contribution in [2.45, 2.75) is 25.3 Å². The van der Waals surface area contributed by atoms with Crippen LogP contribution in [0.2, 0.25) is 0 Å². The molecular formula is C23H21BrN6. The Hall–Kier alpha value is -2.90. The topological polar surface area (TPSA) is 89.6 Å². The van der Waals surface area contributed by atoms with Crippen molar-refractivity contribution >= 4 is 32.8 Å². The summed E-state index contributed by atoms with van der Waals surface area (Å²) in [7, 11) is 0. The molecule has 1 unspecified atom stereocenters. The maximum Gasteiger partial charge on any atom is 0.165 e. The summed E-state index contributed by atoms with van der Waals surface area (Å²) in [5, 5.41) is 4.37. The van der Waals surface area contributed by atoms with Crippen molar-refractivity contribution in [1.82, 2.24) is 25.3 Å². The number of piperidine rings is 1. The molecule has 4 heterocycles. The fourth-order valence-electron chi connectivity index (χ4n) is 4.11. The normalized spacial score (nSPS) is 16.6. The number of nitrogens with zero attached hydrogens (tertiary/aromatic N) is 4. The lowest BCUT2D eigenvalue weighted by atomic mass is 9.95. The Morgan fingerprint density at radius 3 is 2.77 bits per heavy atom. The molecule has 3 aromatic heterocycles. The Labute approximate surface area is 183 Å². The first-order valence-electron chi connectivity index (χ1n) is 10.1. The van der Waals surface area contributed by atoms with Crippen molar-refractivity contribution in [2.24, 2.45) is 0 Å². The van der Waals surface area contributed by atoms with Crippen LogP contribution in [-0.2, 0) is 0 Å². The third kappa shape index (κ3) is 3.55. The van der Waals surface area contributed by atoms with Gasteiger partial charge in [-0.1, -0.05) is 34.5 Å². The van der Waals surface area contributed by atoms with Gasteiger partial charge in [0.25, 0.3) is 0 Å². The highest BCUT2D eigenvalue weighted by molar-refractivity contribution is 9.10. The van der Waals surface area contributed by atoms with Gasteiger partial charge < -0.3 is 11.1 Å². The smallest absolute Gasteiger partial charge is 0.165 e. The van der Waals surface area contributed by atoms with E-state index in [1.165, 1.54) is 19.2 Å². The zero-order chi connectivity index (χ0) is 20.5. The van der Waals surface area contributed by atoms with Crippen LogP contribution < -0.4 is 11.1 Å². The van der Waals surface area contributed by atoms with E-state index in [4.69, 9.17) is 15.7 Å². The van der Waals surface area contributed by atoms with Gasteiger partial charge in [0.2, 0.25) is 0 Å². The molecule has 0 bridgehead atoms. The van der Waals surface area contributed by atoms with Crippen LogP contribution in [0.3, 0.4) is 0 Å². The number of hydrogen-bond donors (Lipinski definition) is 2. The summed E-state index contributed by atoms with van der Waals surface area (Å²) in [6.45, 7) is 1.01. The summed E-state index contributed by atoms with van der Waals surface area (Å²) in [5.41, 5.74) is 11.7. The predicted octanol–water partition coefficient (Wildman–Crippen LogP) is 4.91. The molecule has 0 spiro atoms. The van der Waals surface area contributed by atoms with Crippen LogP contribution >= 0.6 is 15.9 Å². The molecule has 4 aromatic rings. The number of benzene rings is 1. The second-order valence-corrected chi connectivity index (χ2v) is 8.38. The van der Waals surface area contributed by atoms with Gasteiger partial charge in [0.05, 0.1) is 22.8 Å². The molecule has 0 radical (unpaired) electrons. The Morgan fingerprint density at radius 1 is 1.00 bits per heavy atom. The minimum atomic E-state index is 0.234. The first-order valence-corrected chi connectivity index (χ1v) is 10.9. The third-order valence-electron chi connectivity index (χ3n) is 5.52. The van der Waals surface area contributed by atoms with Gasteiger partial charge in [-0.2, -0.15) is 0 Å². The number of nitrogen functional groups attached to an aromatic ring is 1. The van der Waals surface area contributed by atoms with Crippen LogP contribution in [0.5, 0.6) is 0 Å². The molecule has 5 rings (SSSR count). The largest absolute Gasteiger partial charge is 0.383 e. The fourth-order valence-corrected chi connectivity index (χ4v) is 4.51. The quantitative estimate of drug-likeness (QED) is 0.451. The highest BCUT2D eigenvalue weighted by atomic mass is 79.9. The molecule has 3 N–H and O–H groups in total. The molecule has 1 atom stereocenters. The summed E-state index contributed by atoms with van der Waals surface area (Å²) in [4.78, 5) is 18.2. The molecule has 30 heavy (non-hydrogen) atoms.